The highest BCUT2D eigenvalue weighted by Gasteiger charge is 2.59. The van der Waals surface area contributed by atoms with E-state index in [9.17, 15) is 14.7 Å². The van der Waals surface area contributed by atoms with Gasteiger partial charge in [-0.3, -0.25) is 4.48 Å². The topological polar surface area (TPSA) is 54.4 Å². The van der Waals surface area contributed by atoms with Crippen LogP contribution < -0.4 is 0 Å². The number of carbonyl (C=O) groups is 2. The molecule has 0 aromatic carbocycles. The summed E-state index contributed by atoms with van der Waals surface area (Å²) < 4.78 is 0.0645. The van der Waals surface area contributed by atoms with E-state index in [1.165, 1.54) is 6.92 Å². The van der Waals surface area contributed by atoms with E-state index in [1.54, 1.807) is 42.3 Å². The summed E-state index contributed by atoms with van der Waals surface area (Å²) in [6.45, 7) is 1.47. The predicted octanol–water partition coefficient (Wildman–Crippen LogP) is -0.231. The van der Waals surface area contributed by atoms with E-state index in [0.717, 1.165) is 0 Å². The lowest BCUT2D eigenvalue weighted by Crippen LogP contribution is -2.70. The Kier molecular flexibility index (Phi) is 3.35. The second-order valence-electron chi connectivity index (χ2n) is 5.71. The van der Waals surface area contributed by atoms with Crippen LogP contribution in [0.25, 0.3) is 0 Å². The number of hydrogen-bond acceptors (Lipinski definition) is 2. The van der Waals surface area contributed by atoms with Gasteiger partial charge in [-0.05, 0) is 0 Å². The summed E-state index contributed by atoms with van der Waals surface area (Å²) in [6.07, 6.45) is 0. The van der Waals surface area contributed by atoms with Crippen LogP contribution >= 0.6 is 0 Å². The van der Waals surface area contributed by atoms with Gasteiger partial charge < -0.3 is 9.59 Å². The summed E-state index contributed by atoms with van der Waals surface area (Å²) in [5.41, 5.74) is -1.43. The van der Waals surface area contributed by atoms with Crippen molar-refractivity contribution in [3.8, 4) is 0 Å². The minimum absolute atomic E-state index is 0.00167. The molecule has 0 aliphatic carbocycles. The maximum Gasteiger partial charge on any atom is 0.385 e. The van der Waals surface area contributed by atoms with E-state index in [0.29, 0.717) is 0 Å². The van der Waals surface area contributed by atoms with Crippen molar-refractivity contribution in [2.24, 2.45) is 0 Å². The van der Waals surface area contributed by atoms with E-state index in [1.807, 2.05) is 0 Å². The molecule has 0 aromatic rings. The molecule has 1 atom stereocenters. The third kappa shape index (κ3) is 2.35. The van der Waals surface area contributed by atoms with Crippen molar-refractivity contribution in [2.45, 2.75) is 12.5 Å². The molecular weight excluding hydrogens is 196 g/mol. The Morgan fingerprint density at radius 3 is 1.40 bits per heavy atom. The van der Waals surface area contributed by atoms with E-state index in [-0.39, 0.29) is 14.9 Å². The molecule has 0 fully saturated rings. The van der Waals surface area contributed by atoms with Gasteiger partial charge in [-0.2, -0.15) is 0 Å². The standard InChI is InChI=1S/C10H21N2O3/c1-10(9(14)15,12(5,6)7)8(13)11(2,3)4/h1-7H3/q+1/p+1. The second kappa shape index (κ2) is 3.57. The lowest BCUT2D eigenvalue weighted by Gasteiger charge is -2.40. The minimum atomic E-state index is -1.43. The molecule has 5 nitrogen and oxygen atoms in total. The van der Waals surface area contributed by atoms with Crippen LogP contribution in [0.3, 0.4) is 0 Å². The van der Waals surface area contributed by atoms with Crippen molar-refractivity contribution < 1.29 is 23.7 Å². The average molecular weight is 218 g/mol. The molecule has 15 heavy (non-hydrogen) atoms. The molecule has 5 heteroatoms. The zero-order valence-electron chi connectivity index (χ0n) is 10.7. The highest BCUT2D eigenvalue weighted by Crippen LogP contribution is 2.23. The smallest absolute Gasteiger partial charge is 0.385 e. The zero-order valence-corrected chi connectivity index (χ0v) is 10.7. The Morgan fingerprint density at radius 2 is 1.33 bits per heavy atom. The lowest BCUT2D eigenvalue weighted by molar-refractivity contribution is -0.917. The fourth-order valence-corrected chi connectivity index (χ4v) is 1.32. The Morgan fingerprint density at radius 1 is 1.00 bits per heavy atom. The molecule has 0 rings (SSSR count). The van der Waals surface area contributed by atoms with Crippen LogP contribution in [-0.4, -0.2) is 73.8 Å². The van der Waals surface area contributed by atoms with Crippen LogP contribution in [-0.2, 0) is 9.59 Å². The number of quaternary nitrogens is 2. The van der Waals surface area contributed by atoms with Gasteiger partial charge in [-0.1, -0.05) is 0 Å². The van der Waals surface area contributed by atoms with Crippen LogP contribution in [0.5, 0.6) is 0 Å². The summed E-state index contributed by atoms with van der Waals surface area (Å²) in [5, 5.41) is 9.26. The fourth-order valence-electron chi connectivity index (χ4n) is 1.32. The Bertz CT molecular complexity index is 286. The van der Waals surface area contributed by atoms with Gasteiger partial charge in [-0.15, -0.1) is 0 Å². The van der Waals surface area contributed by atoms with Gasteiger partial charge in [0.15, 0.2) is 0 Å². The van der Waals surface area contributed by atoms with Crippen LogP contribution in [0.15, 0.2) is 0 Å². The van der Waals surface area contributed by atoms with Crippen molar-refractivity contribution in [2.75, 3.05) is 42.3 Å². The summed E-state index contributed by atoms with van der Waals surface area (Å²) in [5.74, 6) is -1.41. The maximum atomic E-state index is 12.2. The summed E-state index contributed by atoms with van der Waals surface area (Å²) in [7, 11) is 10.2. The molecule has 0 aromatic heterocycles. The monoisotopic (exact) mass is 218 g/mol. The molecule has 1 unspecified atom stereocenters. The zero-order chi connectivity index (χ0) is 12.7. The molecule has 0 aliphatic rings. The molecule has 0 bridgehead atoms. The minimum Gasteiger partial charge on any atom is -0.476 e. The van der Waals surface area contributed by atoms with Gasteiger partial charge in [0.2, 0.25) is 0 Å². The average Bonchev–Trinajstić information content (AvgIpc) is 1.97. The first-order valence-electron chi connectivity index (χ1n) is 4.76. The second-order valence-corrected chi connectivity index (χ2v) is 5.71. The van der Waals surface area contributed by atoms with E-state index in [4.69, 9.17) is 0 Å². The van der Waals surface area contributed by atoms with Crippen molar-refractivity contribution >= 4 is 11.9 Å². The third-order valence-corrected chi connectivity index (χ3v) is 2.78. The van der Waals surface area contributed by atoms with Gasteiger partial charge >= 0.3 is 17.4 Å². The number of nitrogens with zero attached hydrogens (tertiary/aromatic N) is 2. The Hall–Kier alpha value is -0.940. The summed E-state index contributed by atoms with van der Waals surface area (Å²) in [6, 6.07) is 0. The van der Waals surface area contributed by atoms with E-state index < -0.39 is 11.5 Å². The number of carboxylic acid groups (broad SMARTS) is 1. The van der Waals surface area contributed by atoms with Crippen LogP contribution in [0.4, 0.5) is 0 Å². The van der Waals surface area contributed by atoms with Crippen LogP contribution in [0, 0.1) is 0 Å². The fraction of sp³-hybridized carbons (Fsp3) is 0.800. The molecule has 0 spiro atoms. The van der Waals surface area contributed by atoms with Gasteiger partial charge in [0.25, 0.3) is 0 Å². The number of amides is 1. The first-order chi connectivity index (χ1) is 6.35. The summed E-state index contributed by atoms with van der Waals surface area (Å²) in [4.78, 5) is 23.5. The number of aliphatic carboxylic acids is 1. The van der Waals surface area contributed by atoms with Crippen molar-refractivity contribution in [3.63, 3.8) is 0 Å². The highest BCUT2D eigenvalue weighted by molar-refractivity contribution is 6.01. The first-order valence-corrected chi connectivity index (χ1v) is 4.76. The number of hydrogen-bond donors (Lipinski definition) is 1. The van der Waals surface area contributed by atoms with Crippen LogP contribution in [0.1, 0.15) is 6.92 Å². The summed E-state index contributed by atoms with van der Waals surface area (Å²) >= 11 is 0. The predicted molar refractivity (Wildman–Crippen MR) is 57.1 cm³/mol. The molecule has 1 amide bonds. The van der Waals surface area contributed by atoms with Gasteiger partial charge in [0.1, 0.15) is 0 Å². The number of carboxylic acids is 1. The molecule has 1 N–H and O–H groups in total. The number of carbonyl (C=O) groups excluding carboxylic acids is 1. The van der Waals surface area contributed by atoms with Crippen molar-refractivity contribution in [1.82, 2.24) is 0 Å². The first kappa shape index (κ1) is 14.1. The third-order valence-electron chi connectivity index (χ3n) is 2.78. The molecular formula is C10H22N2O3+2. The van der Waals surface area contributed by atoms with E-state index >= 15 is 0 Å². The Labute approximate surface area is 91.1 Å². The maximum absolute atomic E-state index is 12.2. The quantitative estimate of drug-likeness (QED) is 0.526. The van der Waals surface area contributed by atoms with Crippen LogP contribution in [0.2, 0.25) is 0 Å². The van der Waals surface area contributed by atoms with E-state index in [2.05, 4.69) is 0 Å². The largest absolute Gasteiger partial charge is 0.476 e. The number of rotatable bonds is 3. The highest BCUT2D eigenvalue weighted by atomic mass is 16.4. The molecule has 88 valence electrons. The molecule has 0 heterocycles. The molecule has 0 aliphatic heterocycles. The molecule has 0 saturated heterocycles. The Balaban J connectivity index is 5.55. The van der Waals surface area contributed by atoms with Crippen molar-refractivity contribution in [3.05, 3.63) is 0 Å². The SMILES string of the molecule is CC(C(=O)O)(C(=O)[N+](C)(C)C)[N+](C)(C)C. The molecule has 0 radical (unpaired) electrons. The van der Waals surface area contributed by atoms with Gasteiger partial charge in [0.05, 0.1) is 42.3 Å². The van der Waals surface area contributed by atoms with Gasteiger partial charge in [0, 0.05) is 6.92 Å². The number of likely N-dealkylation sites (N-methyl/N-ethyl adjacent to an activating group) is 2. The van der Waals surface area contributed by atoms with Crippen molar-refractivity contribution in [1.29, 1.82) is 0 Å². The molecule has 0 saturated carbocycles. The lowest BCUT2D eigenvalue weighted by atomic mass is 9.96. The normalized spacial score (nSPS) is 17.0. The van der Waals surface area contributed by atoms with Gasteiger partial charge in [-0.25, -0.2) is 9.59 Å².